The molecule has 2 aromatic carbocycles. The Hall–Kier alpha value is -2.71. The van der Waals surface area contributed by atoms with E-state index < -0.39 is 10.0 Å². The number of carbonyl (C=O) groups is 2. The maximum atomic E-state index is 12.1. The molecule has 2 rings (SSSR count). The van der Waals surface area contributed by atoms with Crippen LogP contribution >= 0.6 is 0 Å². The van der Waals surface area contributed by atoms with Gasteiger partial charge in [-0.2, -0.15) is 0 Å². The van der Waals surface area contributed by atoms with Crippen molar-refractivity contribution in [1.82, 2.24) is 4.31 Å². The molecule has 0 radical (unpaired) electrons. The van der Waals surface area contributed by atoms with E-state index in [1.165, 1.54) is 39.2 Å². The third-order valence-electron chi connectivity index (χ3n) is 3.84. The number of ether oxygens (including phenoxy) is 1. The molecule has 1 amide bonds. The average molecular weight is 390 g/mol. The van der Waals surface area contributed by atoms with Gasteiger partial charge in [-0.05, 0) is 49.7 Å². The van der Waals surface area contributed by atoms with Crippen molar-refractivity contribution in [3.05, 3.63) is 53.6 Å². The zero-order chi connectivity index (χ0) is 20.2. The maximum Gasteiger partial charge on any atom is 0.262 e. The summed E-state index contributed by atoms with van der Waals surface area (Å²) in [5, 5.41) is 2.66. The number of rotatable bonds is 7. The van der Waals surface area contributed by atoms with E-state index in [0.717, 1.165) is 4.31 Å². The van der Waals surface area contributed by atoms with Crippen LogP contribution in [0.2, 0.25) is 0 Å². The summed E-state index contributed by atoms with van der Waals surface area (Å²) in [5.41, 5.74) is 1.60. The highest BCUT2D eigenvalue weighted by Crippen LogP contribution is 2.23. The van der Waals surface area contributed by atoms with Crippen molar-refractivity contribution in [2.24, 2.45) is 0 Å². The molecule has 0 aliphatic rings. The minimum Gasteiger partial charge on any atom is -0.483 e. The molecule has 1 N–H and O–H groups in total. The van der Waals surface area contributed by atoms with E-state index in [1.54, 1.807) is 31.2 Å². The van der Waals surface area contributed by atoms with Crippen LogP contribution in [0.5, 0.6) is 5.75 Å². The number of anilines is 1. The van der Waals surface area contributed by atoms with E-state index in [-0.39, 0.29) is 23.2 Å². The van der Waals surface area contributed by atoms with Crippen molar-refractivity contribution in [2.75, 3.05) is 26.0 Å². The molecule has 144 valence electrons. The minimum absolute atomic E-state index is 0.0919. The number of Topliss-reactive ketones (excluding diaryl/α,β-unsaturated/α-hetero) is 1. The van der Waals surface area contributed by atoms with E-state index in [9.17, 15) is 18.0 Å². The van der Waals surface area contributed by atoms with Crippen LogP contribution in [0.25, 0.3) is 0 Å². The van der Waals surface area contributed by atoms with Crippen LogP contribution in [0.3, 0.4) is 0 Å². The van der Waals surface area contributed by atoms with Crippen LogP contribution in [0.15, 0.2) is 47.4 Å². The number of benzene rings is 2. The van der Waals surface area contributed by atoms with Crippen LogP contribution in [0.1, 0.15) is 22.8 Å². The minimum atomic E-state index is -3.53. The molecule has 0 atom stereocenters. The van der Waals surface area contributed by atoms with Gasteiger partial charge in [0.2, 0.25) is 10.0 Å². The van der Waals surface area contributed by atoms with E-state index in [2.05, 4.69) is 5.32 Å². The Morgan fingerprint density at radius 3 is 2.41 bits per heavy atom. The number of hydrogen-bond acceptors (Lipinski definition) is 5. The SMILES string of the molecule is CC(=O)c1cccc(NC(=O)COc2ccc(S(=O)(=O)N(C)C)cc2C)c1. The number of carbonyl (C=O) groups excluding carboxylic acids is 2. The molecule has 0 heterocycles. The summed E-state index contributed by atoms with van der Waals surface area (Å²) < 4.78 is 30.9. The number of nitrogens with one attached hydrogen (secondary N) is 1. The number of hydrogen-bond donors (Lipinski definition) is 1. The second-order valence-corrected chi connectivity index (χ2v) is 8.34. The Morgan fingerprint density at radius 2 is 1.81 bits per heavy atom. The quantitative estimate of drug-likeness (QED) is 0.733. The summed E-state index contributed by atoms with van der Waals surface area (Å²) in [6.45, 7) is 2.91. The van der Waals surface area contributed by atoms with Crippen LogP contribution in [0.4, 0.5) is 5.69 Å². The highest BCUT2D eigenvalue weighted by Gasteiger charge is 2.18. The second-order valence-electron chi connectivity index (χ2n) is 6.19. The van der Waals surface area contributed by atoms with E-state index in [0.29, 0.717) is 22.6 Å². The molecule has 0 aliphatic heterocycles. The fourth-order valence-electron chi connectivity index (χ4n) is 2.31. The fourth-order valence-corrected chi connectivity index (χ4v) is 3.30. The van der Waals surface area contributed by atoms with Gasteiger partial charge in [-0.15, -0.1) is 0 Å². The molecule has 2 aromatic rings. The summed E-state index contributed by atoms with van der Waals surface area (Å²) in [4.78, 5) is 23.6. The zero-order valence-corrected chi connectivity index (χ0v) is 16.5. The van der Waals surface area contributed by atoms with Crippen LogP contribution in [0, 0.1) is 6.92 Å². The van der Waals surface area contributed by atoms with Gasteiger partial charge in [0.05, 0.1) is 4.90 Å². The molecule has 0 saturated carbocycles. The standard InChI is InChI=1S/C19H22N2O5S/c1-13-10-17(27(24,25)21(3)4)8-9-18(13)26-12-19(23)20-16-7-5-6-15(11-16)14(2)22/h5-11H,12H2,1-4H3,(H,20,23). The van der Waals surface area contributed by atoms with Crippen molar-refractivity contribution in [2.45, 2.75) is 18.7 Å². The average Bonchev–Trinajstić information content (AvgIpc) is 2.60. The highest BCUT2D eigenvalue weighted by atomic mass is 32.2. The Morgan fingerprint density at radius 1 is 1.11 bits per heavy atom. The van der Waals surface area contributed by atoms with Gasteiger partial charge in [0.1, 0.15) is 5.75 Å². The molecule has 0 spiro atoms. The predicted molar refractivity (Wildman–Crippen MR) is 103 cm³/mol. The molecule has 0 aliphatic carbocycles. The predicted octanol–water partition coefficient (Wildman–Crippen LogP) is 2.47. The van der Waals surface area contributed by atoms with Gasteiger partial charge in [-0.25, -0.2) is 12.7 Å². The first-order valence-electron chi connectivity index (χ1n) is 8.18. The highest BCUT2D eigenvalue weighted by molar-refractivity contribution is 7.89. The summed E-state index contributed by atoms with van der Waals surface area (Å²) in [6.07, 6.45) is 0. The van der Waals surface area contributed by atoms with Gasteiger partial charge in [0, 0.05) is 25.3 Å². The van der Waals surface area contributed by atoms with Crippen molar-refractivity contribution >= 4 is 27.4 Å². The monoisotopic (exact) mass is 390 g/mol. The summed E-state index contributed by atoms with van der Waals surface area (Å²) in [6, 6.07) is 11.1. The normalized spacial score (nSPS) is 11.3. The molecule has 0 saturated heterocycles. The first-order valence-corrected chi connectivity index (χ1v) is 9.62. The topological polar surface area (TPSA) is 92.8 Å². The van der Waals surface area contributed by atoms with Gasteiger partial charge in [-0.1, -0.05) is 12.1 Å². The van der Waals surface area contributed by atoms with Crippen molar-refractivity contribution in [1.29, 1.82) is 0 Å². The lowest BCUT2D eigenvalue weighted by atomic mass is 10.1. The van der Waals surface area contributed by atoms with Crippen LogP contribution in [-0.2, 0) is 14.8 Å². The first-order chi connectivity index (χ1) is 12.6. The molecular weight excluding hydrogens is 368 g/mol. The van der Waals surface area contributed by atoms with Crippen molar-refractivity contribution < 1.29 is 22.7 Å². The third-order valence-corrected chi connectivity index (χ3v) is 5.65. The first kappa shape index (κ1) is 20.6. The van der Waals surface area contributed by atoms with Crippen LogP contribution in [-0.4, -0.2) is 45.1 Å². The fraction of sp³-hybridized carbons (Fsp3) is 0.263. The number of aryl methyl sites for hydroxylation is 1. The van der Waals surface area contributed by atoms with Crippen molar-refractivity contribution in [3.63, 3.8) is 0 Å². The lowest BCUT2D eigenvalue weighted by Crippen LogP contribution is -2.22. The van der Waals surface area contributed by atoms with E-state index in [1.807, 2.05) is 0 Å². The third kappa shape index (κ3) is 5.15. The van der Waals surface area contributed by atoms with Gasteiger partial charge in [0.15, 0.2) is 12.4 Å². The molecule has 0 unspecified atom stereocenters. The number of amides is 1. The molecule has 0 bridgehead atoms. The van der Waals surface area contributed by atoms with Gasteiger partial charge in [0.25, 0.3) is 5.91 Å². The Kier molecular flexibility index (Phi) is 6.35. The lowest BCUT2D eigenvalue weighted by molar-refractivity contribution is -0.118. The number of ketones is 1. The molecule has 8 heteroatoms. The second kappa shape index (κ2) is 8.32. The Labute approximate surface area is 159 Å². The largest absolute Gasteiger partial charge is 0.483 e. The van der Waals surface area contributed by atoms with E-state index >= 15 is 0 Å². The smallest absolute Gasteiger partial charge is 0.262 e. The van der Waals surface area contributed by atoms with Gasteiger partial charge in [-0.3, -0.25) is 9.59 Å². The molecule has 7 nitrogen and oxygen atoms in total. The summed E-state index contributed by atoms with van der Waals surface area (Å²) in [5.74, 6) is -0.0637. The molecule has 0 fully saturated rings. The molecule has 0 aromatic heterocycles. The van der Waals surface area contributed by atoms with Gasteiger partial charge >= 0.3 is 0 Å². The molecule has 27 heavy (non-hydrogen) atoms. The lowest BCUT2D eigenvalue weighted by Gasteiger charge is -2.14. The number of nitrogens with zero attached hydrogens (tertiary/aromatic N) is 1. The van der Waals surface area contributed by atoms with E-state index in [4.69, 9.17) is 4.74 Å². The Balaban J connectivity index is 2.03. The summed E-state index contributed by atoms with van der Waals surface area (Å²) >= 11 is 0. The molecular formula is C19H22N2O5S. The summed E-state index contributed by atoms with van der Waals surface area (Å²) in [7, 11) is -0.611. The van der Waals surface area contributed by atoms with Gasteiger partial charge < -0.3 is 10.1 Å². The maximum absolute atomic E-state index is 12.1. The van der Waals surface area contributed by atoms with Crippen molar-refractivity contribution in [3.8, 4) is 5.75 Å². The zero-order valence-electron chi connectivity index (χ0n) is 15.6. The van der Waals surface area contributed by atoms with Crippen LogP contribution < -0.4 is 10.1 Å². The Bertz CT molecular complexity index is 968. The number of sulfonamides is 1.